The Kier molecular flexibility index (Phi) is 4.58. The Morgan fingerprint density at radius 3 is 2.57 bits per heavy atom. The number of nitrogens with one attached hydrogen (secondary N) is 2. The quantitative estimate of drug-likeness (QED) is 0.849. The van der Waals surface area contributed by atoms with Crippen molar-refractivity contribution in [3.63, 3.8) is 0 Å². The Labute approximate surface area is 142 Å². The van der Waals surface area contributed by atoms with Crippen LogP contribution in [-0.2, 0) is 12.0 Å². The van der Waals surface area contributed by atoms with Gasteiger partial charge < -0.3 is 10.6 Å². The molecule has 2 amide bonds. The molecular weight excluding hydrogens is 308 g/mol. The minimum Gasteiger partial charge on any atom is -0.338 e. The van der Waals surface area contributed by atoms with Gasteiger partial charge in [0.05, 0.1) is 5.54 Å². The first-order valence-corrected chi connectivity index (χ1v) is 8.33. The minimum absolute atomic E-state index is 0.106. The Bertz CT molecular complexity index is 693. The summed E-state index contributed by atoms with van der Waals surface area (Å²) in [5.74, 6) is 0. The van der Waals surface area contributed by atoms with Crippen LogP contribution in [0, 0.1) is 6.92 Å². The summed E-state index contributed by atoms with van der Waals surface area (Å²) in [5, 5.41) is 6.78. The lowest BCUT2D eigenvalue weighted by Gasteiger charge is -2.18. The summed E-state index contributed by atoms with van der Waals surface area (Å²) < 4.78 is 0. The standard InChI is InChI=1S/C19H21ClN2O/c1-14-5-7-16(8-6-14)19(10-11-19)22-18(23)21-12-9-15-3-2-4-17(20)13-15/h2-8,13H,9-12H2,1H3,(H2,21,22,23). The summed E-state index contributed by atoms with van der Waals surface area (Å²) in [6.45, 7) is 2.66. The van der Waals surface area contributed by atoms with E-state index >= 15 is 0 Å². The molecule has 4 heteroatoms. The van der Waals surface area contributed by atoms with Crippen molar-refractivity contribution in [3.8, 4) is 0 Å². The molecule has 1 aliphatic rings. The van der Waals surface area contributed by atoms with Crippen LogP contribution in [0.15, 0.2) is 48.5 Å². The molecule has 3 rings (SSSR count). The van der Waals surface area contributed by atoms with E-state index in [4.69, 9.17) is 11.6 Å². The average molecular weight is 329 g/mol. The molecule has 1 saturated carbocycles. The highest BCUT2D eigenvalue weighted by Crippen LogP contribution is 2.45. The molecule has 0 spiro atoms. The summed E-state index contributed by atoms with van der Waals surface area (Å²) >= 11 is 5.96. The van der Waals surface area contributed by atoms with Gasteiger partial charge in [0.2, 0.25) is 0 Å². The van der Waals surface area contributed by atoms with Crippen LogP contribution in [0.5, 0.6) is 0 Å². The van der Waals surface area contributed by atoms with E-state index in [2.05, 4.69) is 41.8 Å². The summed E-state index contributed by atoms with van der Waals surface area (Å²) in [6.07, 6.45) is 2.76. The third-order valence-corrected chi connectivity index (χ3v) is 4.53. The number of urea groups is 1. The zero-order chi connectivity index (χ0) is 16.3. The molecule has 0 aliphatic heterocycles. The second kappa shape index (κ2) is 6.63. The monoisotopic (exact) mass is 328 g/mol. The molecule has 3 nitrogen and oxygen atoms in total. The van der Waals surface area contributed by atoms with Gasteiger partial charge in [-0.3, -0.25) is 0 Å². The van der Waals surface area contributed by atoms with Gasteiger partial charge in [0, 0.05) is 11.6 Å². The fraction of sp³-hybridized carbons (Fsp3) is 0.316. The van der Waals surface area contributed by atoms with E-state index < -0.39 is 0 Å². The van der Waals surface area contributed by atoms with E-state index in [1.807, 2.05) is 24.3 Å². The second-order valence-electron chi connectivity index (χ2n) is 6.21. The van der Waals surface area contributed by atoms with E-state index in [1.165, 1.54) is 11.1 Å². The molecule has 2 N–H and O–H groups in total. The number of benzene rings is 2. The highest BCUT2D eigenvalue weighted by molar-refractivity contribution is 6.30. The van der Waals surface area contributed by atoms with Gasteiger partial charge in [-0.05, 0) is 49.4 Å². The molecule has 0 unspecified atom stereocenters. The SMILES string of the molecule is Cc1ccc(C2(NC(=O)NCCc3cccc(Cl)c3)CC2)cc1. The van der Waals surface area contributed by atoms with Crippen LogP contribution in [0.2, 0.25) is 5.02 Å². The van der Waals surface area contributed by atoms with Gasteiger partial charge in [-0.2, -0.15) is 0 Å². The molecule has 0 bridgehead atoms. The molecule has 1 aliphatic carbocycles. The first-order chi connectivity index (χ1) is 11.1. The Morgan fingerprint density at radius 1 is 1.17 bits per heavy atom. The Hall–Kier alpha value is -2.00. The molecular formula is C19H21ClN2O. The van der Waals surface area contributed by atoms with Crippen LogP contribution in [0.4, 0.5) is 4.79 Å². The lowest BCUT2D eigenvalue weighted by atomic mass is 10.0. The van der Waals surface area contributed by atoms with Crippen molar-refractivity contribution in [1.29, 1.82) is 0 Å². The van der Waals surface area contributed by atoms with E-state index in [0.717, 1.165) is 29.8 Å². The molecule has 2 aromatic carbocycles. The van der Waals surface area contributed by atoms with E-state index in [-0.39, 0.29) is 11.6 Å². The number of amides is 2. The molecule has 1 fully saturated rings. The fourth-order valence-electron chi connectivity index (χ4n) is 2.76. The number of aryl methyl sites for hydroxylation is 1. The Balaban J connectivity index is 1.50. The third-order valence-electron chi connectivity index (χ3n) is 4.30. The highest BCUT2D eigenvalue weighted by atomic mass is 35.5. The summed E-state index contributed by atoms with van der Waals surface area (Å²) in [5.41, 5.74) is 3.37. The van der Waals surface area contributed by atoms with Crippen LogP contribution in [-0.4, -0.2) is 12.6 Å². The molecule has 23 heavy (non-hydrogen) atoms. The van der Waals surface area contributed by atoms with Gasteiger partial charge in [-0.25, -0.2) is 4.79 Å². The smallest absolute Gasteiger partial charge is 0.315 e. The van der Waals surface area contributed by atoms with Crippen molar-refractivity contribution in [2.45, 2.75) is 31.7 Å². The normalized spacial score (nSPS) is 15.0. The fourth-order valence-corrected chi connectivity index (χ4v) is 2.97. The zero-order valence-corrected chi connectivity index (χ0v) is 14.0. The molecule has 0 aromatic heterocycles. The molecule has 0 radical (unpaired) electrons. The van der Waals surface area contributed by atoms with Gasteiger partial charge in [0.1, 0.15) is 0 Å². The second-order valence-corrected chi connectivity index (χ2v) is 6.65. The van der Waals surface area contributed by atoms with Crippen LogP contribution in [0.3, 0.4) is 0 Å². The lowest BCUT2D eigenvalue weighted by molar-refractivity contribution is 0.236. The van der Waals surface area contributed by atoms with Gasteiger partial charge in [0.25, 0.3) is 0 Å². The summed E-state index contributed by atoms with van der Waals surface area (Å²) in [7, 11) is 0. The minimum atomic E-state index is -0.173. The van der Waals surface area contributed by atoms with E-state index in [1.54, 1.807) is 0 Å². The van der Waals surface area contributed by atoms with Crippen LogP contribution in [0.1, 0.15) is 29.5 Å². The van der Waals surface area contributed by atoms with Crippen molar-refractivity contribution in [1.82, 2.24) is 10.6 Å². The molecule has 0 heterocycles. The average Bonchev–Trinajstić information content (AvgIpc) is 3.28. The summed E-state index contributed by atoms with van der Waals surface area (Å²) in [6, 6.07) is 16.0. The van der Waals surface area contributed by atoms with E-state index in [9.17, 15) is 4.79 Å². The molecule has 0 atom stereocenters. The largest absolute Gasteiger partial charge is 0.338 e. The topological polar surface area (TPSA) is 41.1 Å². The molecule has 2 aromatic rings. The maximum absolute atomic E-state index is 12.1. The lowest BCUT2D eigenvalue weighted by Crippen LogP contribution is -2.42. The van der Waals surface area contributed by atoms with Gasteiger partial charge in [-0.1, -0.05) is 53.6 Å². The predicted octanol–water partition coefficient (Wildman–Crippen LogP) is 4.18. The van der Waals surface area contributed by atoms with Crippen LogP contribution in [0.25, 0.3) is 0 Å². The number of halogens is 1. The summed E-state index contributed by atoms with van der Waals surface area (Å²) in [4.78, 5) is 12.1. The van der Waals surface area contributed by atoms with Gasteiger partial charge >= 0.3 is 6.03 Å². The van der Waals surface area contributed by atoms with Crippen LogP contribution >= 0.6 is 11.6 Å². The van der Waals surface area contributed by atoms with Crippen molar-refractivity contribution >= 4 is 17.6 Å². The van der Waals surface area contributed by atoms with Crippen molar-refractivity contribution in [2.24, 2.45) is 0 Å². The number of hydrogen-bond donors (Lipinski definition) is 2. The first-order valence-electron chi connectivity index (χ1n) is 7.95. The first kappa shape index (κ1) is 15.9. The van der Waals surface area contributed by atoms with Crippen molar-refractivity contribution in [3.05, 3.63) is 70.2 Å². The number of hydrogen-bond acceptors (Lipinski definition) is 1. The number of carbonyl (C=O) groups is 1. The van der Waals surface area contributed by atoms with E-state index in [0.29, 0.717) is 6.54 Å². The van der Waals surface area contributed by atoms with Crippen molar-refractivity contribution < 1.29 is 4.79 Å². The molecule has 120 valence electrons. The number of rotatable bonds is 5. The van der Waals surface area contributed by atoms with Gasteiger partial charge in [0.15, 0.2) is 0 Å². The molecule has 0 saturated heterocycles. The highest BCUT2D eigenvalue weighted by Gasteiger charge is 2.45. The van der Waals surface area contributed by atoms with Gasteiger partial charge in [-0.15, -0.1) is 0 Å². The Morgan fingerprint density at radius 2 is 1.91 bits per heavy atom. The van der Waals surface area contributed by atoms with Crippen molar-refractivity contribution in [2.75, 3.05) is 6.54 Å². The maximum Gasteiger partial charge on any atom is 0.315 e. The predicted molar refractivity (Wildman–Crippen MR) is 93.8 cm³/mol. The zero-order valence-electron chi connectivity index (χ0n) is 13.2. The number of carbonyl (C=O) groups excluding carboxylic acids is 1. The van der Waals surface area contributed by atoms with Crippen LogP contribution < -0.4 is 10.6 Å². The third kappa shape index (κ3) is 4.05. The maximum atomic E-state index is 12.1.